The van der Waals surface area contributed by atoms with Gasteiger partial charge in [0.2, 0.25) is 0 Å². The molecular weight excluding hydrogens is 226 g/mol. The molecule has 0 fully saturated rings. The maximum absolute atomic E-state index is 11.1. The molecule has 0 aliphatic rings. The lowest BCUT2D eigenvalue weighted by Crippen LogP contribution is -2.08. The molecule has 0 unspecified atom stereocenters. The summed E-state index contributed by atoms with van der Waals surface area (Å²) < 4.78 is 2.03. The first kappa shape index (κ1) is 11.9. The van der Waals surface area contributed by atoms with Crippen LogP contribution in [0.1, 0.15) is 11.4 Å². The van der Waals surface area contributed by atoms with Gasteiger partial charge in [0.1, 0.15) is 5.82 Å². The Morgan fingerprint density at radius 3 is 3.06 bits per heavy atom. The molecule has 18 heavy (non-hydrogen) atoms. The van der Waals surface area contributed by atoms with Crippen molar-refractivity contribution >= 4 is 11.6 Å². The first-order valence-corrected chi connectivity index (χ1v) is 5.53. The minimum Gasteiger partial charge on any atom is -0.331 e. The molecule has 4 nitrogen and oxygen atoms in total. The van der Waals surface area contributed by atoms with Crippen molar-refractivity contribution in [3.63, 3.8) is 0 Å². The number of anilines is 1. The average molecular weight is 239 g/mol. The van der Waals surface area contributed by atoms with Crippen molar-refractivity contribution in [1.29, 1.82) is 0 Å². The van der Waals surface area contributed by atoms with Crippen LogP contribution in [0.15, 0.2) is 36.7 Å². The summed E-state index contributed by atoms with van der Waals surface area (Å²) >= 11 is 0. The molecule has 1 aromatic heterocycles. The number of aromatic nitrogens is 2. The molecule has 4 heteroatoms. The SMILES string of the molecule is C#CC(=O)Nc1cccc(Cn2ccnc2C)c1. The van der Waals surface area contributed by atoms with E-state index in [4.69, 9.17) is 6.42 Å². The molecule has 0 spiro atoms. The van der Waals surface area contributed by atoms with Crippen LogP contribution in [0, 0.1) is 19.3 Å². The molecule has 1 amide bonds. The van der Waals surface area contributed by atoms with Gasteiger partial charge in [0.05, 0.1) is 0 Å². The zero-order chi connectivity index (χ0) is 13.0. The van der Waals surface area contributed by atoms with Crippen molar-refractivity contribution in [1.82, 2.24) is 9.55 Å². The highest BCUT2D eigenvalue weighted by Crippen LogP contribution is 2.12. The van der Waals surface area contributed by atoms with E-state index in [1.807, 2.05) is 41.8 Å². The number of carbonyl (C=O) groups is 1. The van der Waals surface area contributed by atoms with Crippen LogP contribution in [0.25, 0.3) is 0 Å². The quantitative estimate of drug-likeness (QED) is 0.830. The van der Waals surface area contributed by atoms with Gasteiger partial charge in [0.15, 0.2) is 0 Å². The van der Waals surface area contributed by atoms with Crippen LogP contribution in [0.3, 0.4) is 0 Å². The molecule has 1 N–H and O–H groups in total. The number of amides is 1. The molecule has 1 aromatic carbocycles. The molecule has 2 aromatic rings. The van der Waals surface area contributed by atoms with Gasteiger partial charge in [0, 0.05) is 24.6 Å². The van der Waals surface area contributed by atoms with E-state index in [1.54, 1.807) is 12.3 Å². The lowest BCUT2D eigenvalue weighted by Gasteiger charge is -2.07. The molecule has 0 atom stereocenters. The van der Waals surface area contributed by atoms with Crippen LogP contribution in [-0.2, 0) is 11.3 Å². The van der Waals surface area contributed by atoms with E-state index in [9.17, 15) is 4.79 Å². The first-order valence-electron chi connectivity index (χ1n) is 5.53. The van der Waals surface area contributed by atoms with Crippen LogP contribution >= 0.6 is 0 Å². The topological polar surface area (TPSA) is 46.9 Å². The molecular formula is C14H13N3O. The molecule has 0 aliphatic carbocycles. The zero-order valence-electron chi connectivity index (χ0n) is 10.1. The third kappa shape index (κ3) is 2.77. The Labute approximate surface area is 106 Å². The molecule has 0 bridgehead atoms. The Morgan fingerprint density at radius 1 is 1.56 bits per heavy atom. The lowest BCUT2D eigenvalue weighted by atomic mass is 10.2. The van der Waals surface area contributed by atoms with Crippen molar-refractivity contribution in [2.75, 3.05) is 5.32 Å². The number of aryl methyl sites for hydroxylation is 1. The number of nitrogens with one attached hydrogen (secondary N) is 1. The molecule has 0 saturated heterocycles. The average Bonchev–Trinajstić information content (AvgIpc) is 2.75. The summed E-state index contributed by atoms with van der Waals surface area (Å²) in [4.78, 5) is 15.3. The second-order valence-electron chi connectivity index (χ2n) is 3.90. The van der Waals surface area contributed by atoms with Gasteiger partial charge >= 0.3 is 0 Å². The Morgan fingerprint density at radius 2 is 2.39 bits per heavy atom. The van der Waals surface area contributed by atoms with Crippen molar-refractivity contribution in [3.05, 3.63) is 48.0 Å². The van der Waals surface area contributed by atoms with E-state index in [-0.39, 0.29) is 0 Å². The third-order valence-corrected chi connectivity index (χ3v) is 2.59. The van der Waals surface area contributed by atoms with Gasteiger partial charge in [-0.1, -0.05) is 12.1 Å². The van der Waals surface area contributed by atoms with Gasteiger partial charge < -0.3 is 9.88 Å². The molecule has 1 heterocycles. The molecule has 0 radical (unpaired) electrons. The second-order valence-corrected chi connectivity index (χ2v) is 3.90. The van der Waals surface area contributed by atoms with Crippen LogP contribution in [0.5, 0.6) is 0 Å². The van der Waals surface area contributed by atoms with Crippen LogP contribution < -0.4 is 5.32 Å². The van der Waals surface area contributed by atoms with E-state index >= 15 is 0 Å². The van der Waals surface area contributed by atoms with Crippen molar-refractivity contribution in [2.24, 2.45) is 0 Å². The summed E-state index contributed by atoms with van der Waals surface area (Å²) in [6, 6.07) is 7.58. The fraction of sp³-hybridized carbons (Fsp3) is 0.143. The number of carbonyl (C=O) groups excluding carboxylic acids is 1. The normalized spacial score (nSPS) is 9.78. The highest BCUT2D eigenvalue weighted by molar-refractivity contribution is 6.03. The largest absolute Gasteiger partial charge is 0.331 e. The smallest absolute Gasteiger partial charge is 0.300 e. The van der Waals surface area contributed by atoms with Gasteiger partial charge in [-0.3, -0.25) is 4.79 Å². The number of terminal acetylenes is 1. The summed E-state index contributed by atoms with van der Waals surface area (Å²) in [7, 11) is 0. The van der Waals surface area contributed by atoms with Crippen molar-refractivity contribution in [3.8, 4) is 12.3 Å². The van der Waals surface area contributed by atoms with Crippen molar-refractivity contribution in [2.45, 2.75) is 13.5 Å². The van der Waals surface area contributed by atoms with Gasteiger partial charge in [-0.25, -0.2) is 4.98 Å². The highest BCUT2D eigenvalue weighted by Gasteiger charge is 2.01. The third-order valence-electron chi connectivity index (χ3n) is 2.59. The van der Waals surface area contributed by atoms with Crippen LogP contribution in [-0.4, -0.2) is 15.5 Å². The Hall–Kier alpha value is -2.54. The van der Waals surface area contributed by atoms with Gasteiger partial charge in [0.25, 0.3) is 5.91 Å². The van der Waals surface area contributed by atoms with E-state index in [2.05, 4.69) is 10.3 Å². The summed E-state index contributed by atoms with van der Waals surface area (Å²) in [6.45, 7) is 2.66. The summed E-state index contributed by atoms with van der Waals surface area (Å²) in [5.74, 6) is 2.54. The van der Waals surface area contributed by atoms with Crippen molar-refractivity contribution < 1.29 is 4.79 Å². The lowest BCUT2D eigenvalue weighted by molar-refractivity contribution is -0.111. The summed E-state index contributed by atoms with van der Waals surface area (Å²) in [6.07, 6.45) is 8.69. The van der Waals surface area contributed by atoms with Gasteiger partial charge in [-0.2, -0.15) is 0 Å². The molecule has 90 valence electrons. The number of nitrogens with zero attached hydrogens (tertiary/aromatic N) is 2. The van der Waals surface area contributed by atoms with Crippen LogP contribution in [0.4, 0.5) is 5.69 Å². The maximum atomic E-state index is 11.1. The number of rotatable bonds is 3. The molecule has 0 aliphatic heterocycles. The second kappa shape index (κ2) is 5.19. The number of hydrogen-bond donors (Lipinski definition) is 1. The van der Waals surface area contributed by atoms with E-state index in [1.165, 1.54) is 0 Å². The number of hydrogen-bond acceptors (Lipinski definition) is 2. The van der Waals surface area contributed by atoms with E-state index < -0.39 is 5.91 Å². The minimum atomic E-state index is -0.439. The minimum absolute atomic E-state index is 0.439. The molecule has 2 rings (SSSR count). The van der Waals surface area contributed by atoms with E-state index in [0.29, 0.717) is 12.2 Å². The molecule has 0 saturated carbocycles. The maximum Gasteiger partial charge on any atom is 0.300 e. The van der Waals surface area contributed by atoms with Crippen LogP contribution in [0.2, 0.25) is 0 Å². The van der Waals surface area contributed by atoms with E-state index in [0.717, 1.165) is 11.4 Å². The zero-order valence-corrected chi connectivity index (χ0v) is 10.1. The first-order chi connectivity index (χ1) is 8.69. The Kier molecular flexibility index (Phi) is 3.44. The van der Waals surface area contributed by atoms with Gasteiger partial charge in [-0.05, 0) is 30.5 Å². The highest BCUT2D eigenvalue weighted by atomic mass is 16.1. The predicted molar refractivity (Wildman–Crippen MR) is 70.0 cm³/mol. The summed E-state index contributed by atoms with van der Waals surface area (Å²) in [5.41, 5.74) is 1.78. The van der Waals surface area contributed by atoms with Gasteiger partial charge in [-0.15, -0.1) is 6.42 Å². The fourth-order valence-corrected chi connectivity index (χ4v) is 1.68. The Bertz CT molecular complexity index is 607. The fourth-order valence-electron chi connectivity index (χ4n) is 1.68. The summed E-state index contributed by atoms with van der Waals surface area (Å²) in [5, 5.41) is 2.63. The number of imidazole rings is 1. The number of benzene rings is 1. The standard InChI is InChI=1S/C14H13N3O/c1-3-14(18)16-13-6-4-5-12(9-13)10-17-8-7-15-11(17)2/h1,4-9H,10H2,2H3,(H,16,18). The predicted octanol–water partition coefficient (Wildman–Crippen LogP) is 1.81. The Balaban J connectivity index is 2.15. The monoisotopic (exact) mass is 239 g/mol.